The molecule has 0 aromatic heterocycles. The van der Waals surface area contributed by atoms with E-state index in [-0.39, 0.29) is 0 Å². The smallest absolute Gasteiger partial charge is 0.0551 e. The van der Waals surface area contributed by atoms with Crippen LogP contribution in [0.4, 0.5) is 0 Å². The number of nitrogens with one attached hydrogen (secondary N) is 1. The minimum absolute atomic E-state index is 0.475. The van der Waals surface area contributed by atoms with Gasteiger partial charge < -0.3 is 10.1 Å². The second-order valence-corrected chi connectivity index (χ2v) is 3.71. The van der Waals surface area contributed by atoms with Gasteiger partial charge in [0.15, 0.2) is 0 Å². The van der Waals surface area contributed by atoms with Crippen LogP contribution in [0.25, 0.3) is 0 Å². The van der Waals surface area contributed by atoms with Crippen molar-refractivity contribution in [1.29, 1.82) is 0 Å². The van der Waals surface area contributed by atoms with Crippen LogP contribution in [0.15, 0.2) is 0 Å². The maximum absolute atomic E-state index is 5.55. The highest BCUT2D eigenvalue weighted by molar-refractivity contribution is 4.80. The average molecular weight is 171 g/mol. The summed E-state index contributed by atoms with van der Waals surface area (Å²) in [5, 5.41) is 3.51. The van der Waals surface area contributed by atoms with Gasteiger partial charge >= 0.3 is 0 Å². The van der Waals surface area contributed by atoms with E-state index in [9.17, 15) is 0 Å². The first kappa shape index (κ1) is 10.0. The predicted octanol–water partition coefficient (Wildman–Crippen LogP) is 1.80. The predicted molar refractivity (Wildman–Crippen MR) is 51.3 cm³/mol. The first-order valence-electron chi connectivity index (χ1n) is 5.12. The number of hydrogen-bond acceptors (Lipinski definition) is 2. The second kappa shape index (κ2) is 4.83. The maximum Gasteiger partial charge on any atom is 0.0551 e. The van der Waals surface area contributed by atoms with E-state index >= 15 is 0 Å². The largest absolute Gasteiger partial charge is 0.378 e. The monoisotopic (exact) mass is 171 g/mol. The van der Waals surface area contributed by atoms with Crippen LogP contribution in [-0.4, -0.2) is 25.3 Å². The van der Waals surface area contributed by atoms with Gasteiger partial charge in [-0.3, -0.25) is 0 Å². The van der Waals surface area contributed by atoms with E-state index in [4.69, 9.17) is 4.74 Å². The molecule has 1 heterocycles. The third-order valence-electron chi connectivity index (χ3n) is 2.70. The summed E-state index contributed by atoms with van der Waals surface area (Å²) in [6, 6.07) is 0.667. The lowest BCUT2D eigenvalue weighted by molar-refractivity contribution is 0.116. The molecule has 0 amide bonds. The molecule has 2 heteroatoms. The van der Waals surface area contributed by atoms with Crippen molar-refractivity contribution in [1.82, 2.24) is 5.32 Å². The SMILES string of the molecule is CCNC(CC)C1COC(C)C1. The molecule has 1 rings (SSSR count). The van der Waals surface area contributed by atoms with Gasteiger partial charge in [0.25, 0.3) is 0 Å². The fraction of sp³-hybridized carbons (Fsp3) is 1.00. The van der Waals surface area contributed by atoms with Gasteiger partial charge in [-0.15, -0.1) is 0 Å². The lowest BCUT2D eigenvalue weighted by atomic mass is 9.95. The molecule has 2 nitrogen and oxygen atoms in total. The fourth-order valence-corrected chi connectivity index (χ4v) is 2.04. The van der Waals surface area contributed by atoms with E-state index in [1.165, 1.54) is 12.8 Å². The van der Waals surface area contributed by atoms with Gasteiger partial charge in [0.2, 0.25) is 0 Å². The third-order valence-corrected chi connectivity index (χ3v) is 2.70. The Morgan fingerprint density at radius 2 is 2.25 bits per heavy atom. The van der Waals surface area contributed by atoms with Crippen molar-refractivity contribution in [3.05, 3.63) is 0 Å². The molecule has 0 aliphatic carbocycles. The molecule has 0 aromatic carbocycles. The lowest BCUT2D eigenvalue weighted by Gasteiger charge is -2.21. The van der Waals surface area contributed by atoms with E-state index in [0.29, 0.717) is 12.1 Å². The van der Waals surface area contributed by atoms with Crippen molar-refractivity contribution >= 4 is 0 Å². The molecule has 0 bridgehead atoms. The van der Waals surface area contributed by atoms with Crippen molar-refractivity contribution in [2.24, 2.45) is 5.92 Å². The van der Waals surface area contributed by atoms with Crippen LogP contribution in [0, 0.1) is 5.92 Å². The number of hydrogen-bond donors (Lipinski definition) is 1. The Labute approximate surface area is 75.7 Å². The van der Waals surface area contributed by atoms with Crippen LogP contribution < -0.4 is 5.32 Å². The molecule has 1 saturated heterocycles. The van der Waals surface area contributed by atoms with Crippen LogP contribution in [-0.2, 0) is 4.74 Å². The summed E-state index contributed by atoms with van der Waals surface area (Å²) < 4.78 is 5.55. The normalized spacial score (nSPS) is 32.2. The van der Waals surface area contributed by atoms with Gasteiger partial charge in [-0.25, -0.2) is 0 Å². The van der Waals surface area contributed by atoms with Crippen LogP contribution in [0.5, 0.6) is 0 Å². The highest BCUT2D eigenvalue weighted by Gasteiger charge is 2.27. The minimum Gasteiger partial charge on any atom is -0.378 e. The van der Waals surface area contributed by atoms with Crippen molar-refractivity contribution in [2.45, 2.75) is 45.8 Å². The summed E-state index contributed by atoms with van der Waals surface area (Å²) in [4.78, 5) is 0. The zero-order valence-corrected chi connectivity index (χ0v) is 8.47. The van der Waals surface area contributed by atoms with Gasteiger partial charge in [-0.1, -0.05) is 13.8 Å². The highest BCUT2D eigenvalue weighted by atomic mass is 16.5. The number of rotatable bonds is 4. The Morgan fingerprint density at radius 3 is 2.67 bits per heavy atom. The van der Waals surface area contributed by atoms with Crippen molar-refractivity contribution < 1.29 is 4.74 Å². The molecular weight excluding hydrogens is 150 g/mol. The van der Waals surface area contributed by atoms with Gasteiger partial charge in [-0.2, -0.15) is 0 Å². The molecule has 1 aliphatic rings. The summed E-state index contributed by atoms with van der Waals surface area (Å²) in [5.41, 5.74) is 0. The molecule has 1 N–H and O–H groups in total. The summed E-state index contributed by atoms with van der Waals surface area (Å²) in [7, 11) is 0. The van der Waals surface area contributed by atoms with E-state index < -0.39 is 0 Å². The molecule has 0 saturated carbocycles. The molecule has 0 spiro atoms. The Balaban J connectivity index is 2.33. The average Bonchev–Trinajstić information content (AvgIpc) is 2.47. The van der Waals surface area contributed by atoms with Gasteiger partial charge in [-0.05, 0) is 26.3 Å². The topological polar surface area (TPSA) is 21.3 Å². The summed E-state index contributed by atoms with van der Waals surface area (Å²) >= 11 is 0. The molecule has 1 aliphatic heterocycles. The molecule has 12 heavy (non-hydrogen) atoms. The zero-order chi connectivity index (χ0) is 8.97. The molecule has 3 atom stereocenters. The molecular formula is C10H21NO. The van der Waals surface area contributed by atoms with Gasteiger partial charge in [0.05, 0.1) is 12.7 Å². The summed E-state index contributed by atoms with van der Waals surface area (Å²) in [6.07, 6.45) is 2.92. The molecule has 1 fully saturated rings. The molecule has 3 unspecified atom stereocenters. The third kappa shape index (κ3) is 2.46. The van der Waals surface area contributed by atoms with E-state index in [1.54, 1.807) is 0 Å². The Morgan fingerprint density at radius 1 is 1.50 bits per heavy atom. The van der Waals surface area contributed by atoms with E-state index in [2.05, 4.69) is 26.1 Å². The lowest BCUT2D eigenvalue weighted by Crippen LogP contribution is -2.35. The highest BCUT2D eigenvalue weighted by Crippen LogP contribution is 2.23. The Bertz CT molecular complexity index is 125. The second-order valence-electron chi connectivity index (χ2n) is 3.71. The van der Waals surface area contributed by atoms with Gasteiger partial charge in [0, 0.05) is 12.0 Å². The van der Waals surface area contributed by atoms with Crippen molar-refractivity contribution in [3.63, 3.8) is 0 Å². The van der Waals surface area contributed by atoms with Crippen molar-refractivity contribution in [2.75, 3.05) is 13.2 Å². The van der Waals surface area contributed by atoms with E-state index in [0.717, 1.165) is 19.1 Å². The van der Waals surface area contributed by atoms with Crippen LogP contribution in [0.2, 0.25) is 0 Å². The van der Waals surface area contributed by atoms with Gasteiger partial charge in [0.1, 0.15) is 0 Å². The number of ether oxygens (including phenoxy) is 1. The summed E-state index contributed by atoms with van der Waals surface area (Å²) in [6.45, 7) is 8.60. The van der Waals surface area contributed by atoms with Crippen LogP contribution in [0.1, 0.15) is 33.6 Å². The molecule has 0 aromatic rings. The van der Waals surface area contributed by atoms with E-state index in [1.807, 2.05) is 0 Å². The molecule has 72 valence electrons. The maximum atomic E-state index is 5.55. The van der Waals surface area contributed by atoms with Crippen LogP contribution in [0.3, 0.4) is 0 Å². The van der Waals surface area contributed by atoms with Crippen LogP contribution >= 0.6 is 0 Å². The quantitative estimate of drug-likeness (QED) is 0.696. The summed E-state index contributed by atoms with van der Waals surface area (Å²) in [5.74, 6) is 0.741. The first-order chi connectivity index (χ1) is 5.77. The van der Waals surface area contributed by atoms with Crippen molar-refractivity contribution in [3.8, 4) is 0 Å². The molecule has 0 radical (unpaired) electrons. The Kier molecular flexibility index (Phi) is 4.02. The first-order valence-corrected chi connectivity index (χ1v) is 5.12. The standard InChI is InChI=1S/C10H21NO/c1-4-10(11-5-2)9-6-8(3)12-7-9/h8-11H,4-7H2,1-3H3. The zero-order valence-electron chi connectivity index (χ0n) is 8.47. The Hall–Kier alpha value is -0.0800. The fourth-order valence-electron chi connectivity index (χ4n) is 2.04. The minimum atomic E-state index is 0.475.